The maximum atomic E-state index is 11.1. The molecule has 3 heterocycles. The fraction of sp³-hybridized carbons (Fsp3) is 0.750. The summed E-state index contributed by atoms with van der Waals surface area (Å²) in [4.78, 5) is 51.8. The van der Waals surface area contributed by atoms with Crippen molar-refractivity contribution in [3.8, 4) is 0 Å². The predicted octanol–water partition coefficient (Wildman–Crippen LogP) is 1.97. The van der Waals surface area contributed by atoms with Gasteiger partial charge in [0.15, 0.2) is 0 Å². The van der Waals surface area contributed by atoms with E-state index in [9.17, 15) is 24.0 Å². The van der Waals surface area contributed by atoms with Gasteiger partial charge in [-0.05, 0) is 19.3 Å². The van der Waals surface area contributed by atoms with Crippen molar-refractivity contribution in [1.82, 2.24) is 15.7 Å². The molecule has 32 heavy (non-hydrogen) atoms. The Morgan fingerprint density at radius 1 is 0.969 bits per heavy atom. The number of nitrogens with zero attached hydrogens (tertiary/aromatic N) is 1. The number of carbonyl (C=O) groups is 5. The van der Waals surface area contributed by atoms with Crippen LogP contribution in [0.2, 0.25) is 0 Å². The first kappa shape index (κ1) is 27.7. The first-order valence-corrected chi connectivity index (χ1v) is 11.9. The number of carboxylic acids is 2. The van der Waals surface area contributed by atoms with Gasteiger partial charge in [-0.15, -0.1) is 0 Å². The molecule has 0 radical (unpaired) electrons. The summed E-state index contributed by atoms with van der Waals surface area (Å²) in [6, 6.07) is 0.440. The molecule has 3 aliphatic heterocycles. The van der Waals surface area contributed by atoms with Gasteiger partial charge in [-0.1, -0.05) is 26.2 Å². The molecule has 3 fully saturated rings. The van der Waals surface area contributed by atoms with Crippen LogP contribution in [0.15, 0.2) is 0 Å². The third kappa shape index (κ3) is 10.3. The molecule has 0 aliphatic carbocycles. The number of carbonyl (C=O) groups excluding carboxylic acids is 3. The van der Waals surface area contributed by atoms with Crippen LogP contribution in [0.3, 0.4) is 0 Å². The van der Waals surface area contributed by atoms with Crippen molar-refractivity contribution >= 4 is 41.5 Å². The van der Waals surface area contributed by atoms with Gasteiger partial charge in [-0.25, -0.2) is 4.79 Å². The first-order valence-electron chi connectivity index (χ1n) is 10.8. The number of urea groups is 1. The van der Waals surface area contributed by atoms with E-state index in [0.29, 0.717) is 11.7 Å². The summed E-state index contributed by atoms with van der Waals surface area (Å²) in [5.41, 5.74) is 0. The second-order valence-corrected chi connectivity index (χ2v) is 8.98. The molecule has 0 aromatic carbocycles. The standard InChI is InChI=1S/C10H16N2O3S.C6H12O2.C4H5NO3/c13-8(14)4-2-1-3-7-9-6(5-16-7)11-10(15)12-9;1-2-3-4-5-6(7)8;6-3-1-2-4(7)5(3)8/h6-7,9H,1-5H2,(H,13,14)(H2,11,12,15);2-5H2,1H3,(H,7,8);8H,1-2H2/t6-,7-,9-;;/m0../s1. The number of rotatable bonds is 9. The molecule has 3 aliphatic rings. The quantitative estimate of drug-likeness (QED) is 0.145. The number of hydroxylamine groups is 2. The molecule has 4 amide bonds. The highest BCUT2D eigenvalue weighted by atomic mass is 32.2. The fourth-order valence-corrected chi connectivity index (χ4v) is 4.90. The van der Waals surface area contributed by atoms with Crippen molar-refractivity contribution in [1.29, 1.82) is 0 Å². The molecule has 0 aromatic rings. The zero-order chi connectivity index (χ0) is 24.1. The van der Waals surface area contributed by atoms with Gasteiger partial charge in [0.25, 0.3) is 11.8 Å². The number of nitrogens with one attached hydrogen (secondary N) is 2. The van der Waals surface area contributed by atoms with E-state index in [-0.39, 0.29) is 42.4 Å². The average Bonchev–Trinajstić information content (AvgIpc) is 3.37. The highest BCUT2D eigenvalue weighted by molar-refractivity contribution is 8.00. The topological polar surface area (TPSA) is 173 Å². The average molecular weight is 476 g/mol. The summed E-state index contributed by atoms with van der Waals surface area (Å²) in [5, 5.41) is 31.5. The van der Waals surface area contributed by atoms with E-state index in [1.54, 1.807) is 0 Å². The molecular formula is C20H33N3O8S. The van der Waals surface area contributed by atoms with Gasteiger partial charge in [0.05, 0.1) is 12.1 Å². The molecule has 0 saturated carbocycles. The van der Waals surface area contributed by atoms with E-state index in [1.807, 2.05) is 11.8 Å². The van der Waals surface area contributed by atoms with Gasteiger partial charge in [-0.3, -0.25) is 24.4 Å². The highest BCUT2D eigenvalue weighted by Crippen LogP contribution is 2.33. The molecule has 5 N–H and O–H groups in total. The number of fused-ring (bicyclic) bond motifs is 1. The number of thioether (sulfide) groups is 1. The third-order valence-electron chi connectivity index (χ3n) is 5.09. The Morgan fingerprint density at radius 3 is 2.00 bits per heavy atom. The molecule has 0 aromatic heterocycles. The number of carboxylic acid groups (broad SMARTS) is 2. The second-order valence-electron chi connectivity index (χ2n) is 7.71. The van der Waals surface area contributed by atoms with Crippen molar-refractivity contribution in [3.63, 3.8) is 0 Å². The number of amides is 4. The minimum atomic E-state index is -0.729. The van der Waals surface area contributed by atoms with Crippen LogP contribution >= 0.6 is 11.8 Å². The van der Waals surface area contributed by atoms with E-state index in [0.717, 1.165) is 44.3 Å². The molecular weight excluding hydrogens is 442 g/mol. The van der Waals surface area contributed by atoms with Crippen LogP contribution in [0, 0.1) is 0 Å². The van der Waals surface area contributed by atoms with Crippen LogP contribution in [-0.4, -0.2) is 73.4 Å². The summed E-state index contributed by atoms with van der Waals surface area (Å²) in [6.45, 7) is 2.06. The lowest BCUT2D eigenvalue weighted by molar-refractivity contribution is -0.171. The molecule has 0 spiro atoms. The van der Waals surface area contributed by atoms with Gasteiger partial charge in [0.1, 0.15) is 0 Å². The highest BCUT2D eigenvalue weighted by Gasteiger charge is 2.42. The van der Waals surface area contributed by atoms with Crippen LogP contribution < -0.4 is 10.6 Å². The Labute approximate surface area is 191 Å². The third-order valence-corrected chi connectivity index (χ3v) is 6.60. The molecule has 3 rings (SSSR count). The van der Waals surface area contributed by atoms with Crippen molar-refractivity contribution in [2.75, 3.05) is 5.75 Å². The monoisotopic (exact) mass is 475 g/mol. The number of unbranched alkanes of at least 4 members (excludes halogenated alkanes) is 3. The Hall–Kier alpha value is -2.34. The van der Waals surface area contributed by atoms with Gasteiger partial charge in [0.2, 0.25) is 0 Å². The summed E-state index contributed by atoms with van der Waals surface area (Å²) in [7, 11) is 0. The molecule has 0 unspecified atom stereocenters. The minimum Gasteiger partial charge on any atom is -0.481 e. The Bertz CT molecular complexity index is 659. The van der Waals surface area contributed by atoms with E-state index in [2.05, 4.69) is 17.6 Å². The second kappa shape index (κ2) is 14.7. The van der Waals surface area contributed by atoms with Crippen molar-refractivity contribution < 1.29 is 39.4 Å². The lowest BCUT2D eigenvalue weighted by Crippen LogP contribution is -2.36. The minimum absolute atomic E-state index is 0.0640. The number of aliphatic carboxylic acids is 2. The summed E-state index contributed by atoms with van der Waals surface area (Å²) in [6.07, 6.45) is 6.45. The Morgan fingerprint density at radius 2 is 1.53 bits per heavy atom. The van der Waals surface area contributed by atoms with Gasteiger partial charge in [-0.2, -0.15) is 16.8 Å². The van der Waals surface area contributed by atoms with Crippen LogP contribution in [-0.2, 0) is 19.2 Å². The smallest absolute Gasteiger partial charge is 0.315 e. The SMILES string of the molecule is CCCCCC(=O)O.O=C(O)CCCC[C@@H]1SC[C@@H]2NC(=O)N[C@@H]21.O=C1CCC(=O)N1O. The number of imide groups is 1. The maximum Gasteiger partial charge on any atom is 0.315 e. The zero-order valence-corrected chi connectivity index (χ0v) is 19.1. The first-order chi connectivity index (χ1) is 15.1. The van der Waals surface area contributed by atoms with Crippen molar-refractivity contribution in [2.45, 2.75) is 88.5 Å². The summed E-state index contributed by atoms with van der Waals surface area (Å²) >= 11 is 1.87. The van der Waals surface area contributed by atoms with Crippen molar-refractivity contribution in [2.24, 2.45) is 0 Å². The summed E-state index contributed by atoms with van der Waals surface area (Å²) in [5.74, 6) is -1.45. The molecule has 11 nitrogen and oxygen atoms in total. The van der Waals surface area contributed by atoms with E-state index in [1.165, 1.54) is 0 Å². The molecule has 182 valence electrons. The summed E-state index contributed by atoms with van der Waals surface area (Å²) < 4.78 is 0. The molecule has 3 atom stereocenters. The van der Waals surface area contributed by atoms with Gasteiger partial charge >= 0.3 is 18.0 Å². The Kier molecular flexibility index (Phi) is 12.7. The van der Waals surface area contributed by atoms with E-state index in [4.69, 9.17) is 15.4 Å². The fourth-order valence-electron chi connectivity index (χ4n) is 3.36. The largest absolute Gasteiger partial charge is 0.481 e. The lowest BCUT2D eigenvalue weighted by atomic mass is 10.0. The van der Waals surface area contributed by atoms with Crippen LogP contribution in [0.1, 0.15) is 71.1 Å². The van der Waals surface area contributed by atoms with Crippen molar-refractivity contribution in [3.05, 3.63) is 0 Å². The van der Waals surface area contributed by atoms with E-state index >= 15 is 0 Å². The molecule has 3 saturated heterocycles. The maximum absolute atomic E-state index is 11.1. The number of hydrogen-bond acceptors (Lipinski definition) is 7. The predicted molar refractivity (Wildman–Crippen MR) is 116 cm³/mol. The van der Waals surface area contributed by atoms with Crippen LogP contribution in [0.5, 0.6) is 0 Å². The molecule has 12 heteroatoms. The Balaban J connectivity index is 0.000000270. The van der Waals surface area contributed by atoms with Gasteiger partial charge < -0.3 is 20.8 Å². The lowest BCUT2D eigenvalue weighted by Gasteiger charge is -2.16. The normalized spacial score (nSPS) is 23.4. The zero-order valence-electron chi connectivity index (χ0n) is 18.2. The van der Waals surface area contributed by atoms with Gasteiger partial charge in [0, 0.05) is 36.7 Å². The van der Waals surface area contributed by atoms with Crippen LogP contribution in [0.4, 0.5) is 4.79 Å². The number of hydrogen-bond donors (Lipinski definition) is 5. The molecule has 0 bridgehead atoms. The van der Waals surface area contributed by atoms with Crippen LogP contribution in [0.25, 0.3) is 0 Å². The van der Waals surface area contributed by atoms with E-state index < -0.39 is 23.8 Å².